The van der Waals surface area contributed by atoms with Crippen molar-refractivity contribution in [1.82, 2.24) is 9.97 Å². The van der Waals surface area contributed by atoms with Crippen LogP contribution in [0.3, 0.4) is 0 Å². The van der Waals surface area contributed by atoms with Gasteiger partial charge in [0.25, 0.3) is 0 Å². The van der Waals surface area contributed by atoms with E-state index in [1.165, 1.54) is 12.1 Å². The molecular weight excluding hydrogens is 397 g/mol. The molecule has 4 rings (SSSR count). The molecule has 1 aliphatic rings. The highest BCUT2D eigenvalue weighted by Crippen LogP contribution is 2.39. The van der Waals surface area contributed by atoms with Crippen LogP contribution in [0.1, 0.15) is 33.6 Å². The second-order valence-corrected chi connectivity index (χ2v) is 7.79. The molecule has 3 aromatic rings. The van der Waals surface area contributed by atoms with E-state index >= 15 is 0 Å². The number of H-pyrrole nitrogens is 1. The molecule has 3 N–H and O–H groups in total. The van der Waals surface area contributed by atoms with Crippen molar-refractivity contribution in [3.05, 3.63) is 70.9 Å². The Hall–Kier alpha value is -3.03. The lowest BCUT2D eigenvalue weighted by Gasteiger charge is -2.20. The molecule has 0 spiro atoms. The summed E-state index contributed by atoms with van der Waals surface area (Å²) >= 11 is 0. The van der Waals surface area contributed by atoms with Crippen molar-refractivity contribution >= 4 is 5.78 Å². The number of carbonyl (C=O) groups excluding carboxylic acids is 1. The van der Waals surface area contributed by atoms with E-state index in [9.17, 15) is 9.18 Å². The van der Waals surface area contributed by atoms with Gasteiger partial charge in [0.05, 0.1) is 18.5 Å². The Kier molecular flexibility index (Phi) is 6.44. The summed E-state index contributed by atoms with van der Waals surface area (Å²) in [6.07, 6.45) is 4.90. The van der Waals surface area contributed by atoms with Gasteiger partial charge in [0.2, 0.25) is 0 Å². The van der Waals surface area contributed by atoms with E-state index in [1.54, 1.807) is 25.6 Å². The first-order valence-corrected chi connectivity index (χ1v) is 10.4. The van der Waals surface area contributed by atoms with E-state index in [1.807, 2.05) is 12.1 Å². The maximum atomic E-state index is 13.8. The number of hydrogen-bond donors (Lipinski definition) is 2. The van der Waals surface area contributed by atoms with Crippen LogP contribution in [0, 0.1) is 11.7 Å². The van der Waals surface area contributed by atoms with E-state index < -0.39 is 0 Å². The third-order valence-corrected chi connectivity index (χ3v) is 5.63. The fourth-order valence-electron chi connectivity index (χ4n) is 4.17. The van der Waals surface area contributed by atoms with E-state index in [4.69, 9.17) is 15.2 Å². The average Bonchev–Trinajstić information content (AvgIpc) is 3.12. The number of ether oxygens (including phenoxy) is 2. The Morgan fingerprint density at radius 1 is 1.26 bits per heavy atom. The number of aromatic amines is 1. The second kappa shape index (κ2) is 9.41. The summed E-state index contributed by atoms with van der Waals surface area (Å²) in [5.41, 5.74) is 10.7. The van der Waals surface area contributed by atoms with Crippen LogP contribution < -0.4 is 10.5 Å². The molecule has 2 heterocycles. The Balaban J connectivity index is 1.82. The van der Waals surface area contributed by atoms with E-state index in [0.717, 1.165) is 28.1 Å². The summed E-state index contributed by atoms with van der Waals surface area (Å²) in [6, 6.07) is 8.33. The van der Waals surface area contributed by atoms with Gasteiger partial charge in [0.15, 0.2) is 5.78 Å². The molecule has 2 aromatic heterocycles. The number of ketones is 1. The molecule has 1 aromatic carbocycles. The molecular formula is C24H26FN3O3. The van der Waals surface area contributed by atoms with Gasteiger partial charge in [0.1, 0.15) is 18.2 Å². The SMILES string of the molecule is COCCOc1cnccc1-c1[nH]c2c(c1Cc1cccc(F)c1)C(=O)CC(CN)C2. The monoisotopic (exact) mass is 423 g/mol. The first-order valence-electron chi connectivity index (χ1n) is 10.4. The van der Waals surface area contributed by atoms with E-state index in [2.05, 4.69) is 9.97 Å². The molecule has 0 amide bonds. The lowest BCUT2D eigenvalue weighted by Crippen LogP contribution is -2.26. The number of Topliss-reactive ketones (excluding diaryl/α,β-unsaturated/α-hetero) is 1. The lowest BCUT2D eigenvalue weighted by atomic mass is 9.84. The number of nitrogens with zero attached hydrogens (tertiary/aromatic N) is 1. The quantitative estimate of drug-likeness (QED) is 0.541. The molecule has 0 saturated carbocycles. The first-order chi connectivity index (χ1) is 15.1. The van der Waals surface area contributed by atoms with Crippen molar-refractivity contribution in [2.24, 2.45) is 11.7 Å². The highest BCUT2D eigenvalue weighted by atomic mass is 19.1. The number of nitrogens with two attached hydrogens (primary N) is 1. The number of rotatable bonds is 8. The highest BCUT2D eigenvalue weighted by molar-refractivity contribution is 6.02. The largest absolute Gasteiger partial charge is 0.489 e. The Bertz CT molecular complexity index is 1080. The summed E-state index contributed by atoms with van der Waals surface area (Å²) in [5.74, 6) is 0.483. The molecule has 31 heavy (non-hydrogen) atoms. The van der Waals surface area contributed by atoms with Crippen LogP contribution in [0.25, 0.3) is 11.3 Å². The van der Waals surface area contributed by atoms with Gasteiger partial charge in [-0.2, -0.15) is 0 Å². The zero-order valence-electron chi connectivity index (χ0n) is 17.5. The molecule has 0 saturated heterocycles. The third-order valence-electron chi connectivity index (χ3n) is 5.63. The van der Waals surface area contributed by atoms with Crippen molar-refractivity contribution < 1.29 is 18.7 Å². The molecule has 0 bridgehead atoms. The van der Waals surface area contributed by atoms with Gasteiger partial charge in [-0.05, 0) is 48.2 Å². The maximum absolute atomic E-state index is 13.8. The summed E-state index contributed by atoms with van der Waals surface area (Å²) in [5, 5.41) is 0. The predicted molar refractivity (Wildman–Crippen MR) is 116 cm³/mol. The zero-order valence-corrected chi connectivity index (χ0v) is 17.5. The van der Waals surface area contributed by atoms with Crippen molar-refractivity contribution in [2.75, 3.05) is 26.9 Å². The van der Waals surface area contributed by atoms with Crippen LogP contribution >= 0.6 is 0 Å². The molecule has 1 unspecified atom stereocenters. The number of hydrogen-bond acceptors (Lipinski definition) is 5. The number of pyridine rings is 1. The van der Waals surface area contributed by atoms with Crippen LogP contribution in [-0.4, -0.2) is 42.6 Å². The van der Waals surface area contributed by atoms with Crippen LogP contribution in [-0.2, 0) is 17.6 Å². The topological polar surface area (TPSA) is 90.2 Å². The van der Waals surface area contributed by atoms with E-state index in [-0.39, 0.29) is 17.5 Å². The Morgan fingerprint density at radius 3 is 2.90 bits per heavy atom. The van der Waals surface area contributed by atoms with Gasteiger partial charge in [-0.1, -0.05) is 12.1 Å². The zero-order chi connectivity index (χ0) is 21.8. The summed E-state index contributed by atoms with van der Waals surface area (Å²) < 4.78 is 24.8. The number of benzene rings is 1. The number of fused-ring (bicyclic) bond motifs is 1. The molecule has 162 valence electrons. The van der Waals surface area contributed by atoms with Gasteiger partial charge in [-0.3, -0.25) is 9.78 Å². The number of carbonyl (C=O) groups is 1. The molecule has 6 nitrogen and oxygen atoms in total. The molecule has 1 aliphatic carbocycles. The number of halogens is 1. The van der Waals surface area contributed by atoms with Crippen molar-refractivity contribution in [3.8, 4) is 17.0 Å². The van der Waals surface area contributed by atoms with Gasteiger partial charge < -0.3 is 20.2 Å². The minimum Gasteiger partial charge on any atom is -0.489 e. The van der Waals surface area contributed by atoms with Crippen LogP contribution in [0.2, 0.25) is 0 Å². The average molecular weight is 423 g/mol. The summed E-state index contributed by atoms with van der Waals surface area (Å²) in [6.45, 7) is 1.28. The first kappa shape index (κ1) is 21.2. The van der Waals surface area contributed by atoms with Gasteiger partial charge >= 0.3 is 0 Å². The molecule has 7 heteroatoms. The number of nitrogens with one attached hydrogen (secondary N) is 1. The maximum Gasteiger partial charge on any atom is 0.165 e. The summed E-state index contributed by atoms with van der Waals surface area (Å²) in [4.78, 5) is 20.7. The van der Waals surface area contributed by atoms with Crippen LogP contribution in [0.4, 0.5) is 4.39 Å². The van der Waals surface area contributed by atoms with Crippen molar-refractivity contribution in [3.63, 3.8) is 0 Å². The highest BCUT2D eigenvalue weighted by Gasteiger charge is 2.31. The van der Waals surface area contributed by atoms with Crippen LogP contribution in [0.5, 0.6) is 5.75 Å². The molecule has 0 aliphatic heterocycles. The predicted octanol–water partition coefficient (Wildman–Crippen LogP) is 3.54. The third kappa shape index (κ3) is 4.52. The smallest absolute Gasteiger partial charge is 0.165 e. The lowest BCUT2D eigenvalue weighted by molar-refractivity contribution is 0.0949. The Morgan fingerprint density at radius 2 is 2.13 bits per heavy atom. The molecule has 0 radical (unpaired) electrons. The fraction of sp³-hybridized carbons (Fsp3) is 0.333. The minimum absolute atomic E-state index is 0.0708. The fourth-order valence-corrected chi connectivity index (χ4v) is 4.17. The number of methoxy groups -OCH3 is 1. The van der Waals surface area contributed by atoms with E-state index in [0.29, 0.717) is 50.3 Å². The summed E-state index contributed by atoms with van der Waals surface area (Å²) in [7, 11) is 1.61. The van der Waals surface area contributed by atoms with Crippen molar-refractivity contribution in [1.29, 1.82) is 0 Å². The Labute approximate surface area is 180 Å². The van der Waals surface area contributed by atoms with Crippen molar-refractivity contribution in [2.45, 2.75) is 19.3 Å². The van der Waals surface area contributed by atoms with Gasteiger partial charge in [-0.15, -0.1) is 0 Å². The van der Waals surface area contributed by atoms with Gasteiger partial charge in [-0.25, -0.2) is 4.39 Å². The molecule has 0 fully saturated rings. The normalized spacial score (nSPS) is 15.7. The van der Waals surface area contributed by atoms with Gasteiger partial charge in [0, 0.05) is 43.0 Å². The number of aromatic nitrogens is 2. The standard InChI is InChI=1S/C24H26FN3O3/c1-30-7-8-31-22-14-27-6-5-18(22)24-19(10-15-3-2-4-17(25)9-15)23-20(28-24)11-16(13-26)12-21(23)29/h2-6,9,14,16,28H,7-8,10-13,26H2,1H3. The second-order valence-electron chi connectivity index (χ2n) is 7.79. The van der Waals surface area contributed by atoms with Crippen LogP contribution in [0.15, 0.2) is 42.7 Å². The molecule has 1 atom stereocenters. The minimum atomic E-state index is -0.300.